The molecule has 0 fully saturated rings. The van der Waals surface area contributed by atoms with Gasteiger partial charge in [-0.2, -0.15) is 0 Å². The number of nitrogens with one attached hydrogen (secondary N) is 1. The SMILES string of the molecule is NS(=O)(=O)c1ccc(CNC(=O)CSc2nncs2)cc1. The Morgan fingerprint density at radius 1 is 1.33 bits per heavy atom. The summed E-state index contributed by atoms with van der Waals surface area (Å²) in [7, 11) is -3.69. The lowest BCUT2D eigenvalue weighted by molar-refractivity contribution is -0.118. The Bertz CT molecular complexity index is 699. The summed E-state index contributed by atoms with van der Waals surface area (Å²) in [4.78, 5) is 11.7. The number of thioether (sulfide) groups is 1. The predicted octanol–water partition coefficient (Wildman–Crippen LogP) is 0.594. The maximum atomic E-state index is 11.6. The quantitative estimate of drug-likeness (QED) is 0.741. The summed E-state index contributed by atoms with van der Waals surface area (Å²) in [6.07, 6.45) is 0. The average Bonchev–Trinajstić information content (AvgIpc) is 2.95. The van der Waals surface area contributed by atoms with Crippen LogP contribution in [0.25, 0.3) is 0 Å². The number of hydrogen-bond acceptors (Lipinski definition) is 7. The van der Waals surface area contributed by atoms with Crippen LogP contribution in [0.1, 0.15) is 5.56 Å². The molecule has 0 saturated heterocycles. The van der Waals surface area contributed by atoms with Gasteiger partial charge in [0.1, 0.15) is 5.51 Å². The largest absolute Gasteiger partial charge is 0.351 e. The summed E-state index contributed by atoms with van der Waals surface area (Å²) in [5.41, 5.74) is 2.39. The van der Waals surface area contributed by atoms with Crippen molar-refractivity contribution < 1.29 is 13.2 Å². The Morgan fingerprint density at radius 2 is 2.05 bits per heavy atom. The standard InChI is InChI=1S/C11H12N4O3S3/c12-21(17,18)9-3-1-8(2-4-9)5-13-10(16)6-19-11-15-14-7-20-11/h1-4,7H,5-6H2,(H,13,16)(H2,12,17,18). The Balaban J connectivity index is 1.81. The monoisotopic (exact) mass is 344 g/mol. The summed E-state index contributed by atoms with van der Waals surface area (Å²) in [6.45, 7) is 0.320. The van der Waals surface area contributed by atoms with Crippen molar-refractivity contribution in [2.24, 2.45) is 5.14 Å². The van der Waals surface area contributed by atoms with Gasteiger partial charge in [0.25, 0.3) is 0 Å². The van der Waals surface area contributed by atoms with Crippen LogP contribution in [-0.2, 0) is 21.4 Å². The molecule has 21 heavy (non-hydrogen) atoms. The van der Waals surface area contributed by atoms with Crippen molar-refractivity contribution in [1.82, 2.24) is 15.5 Å². The van der Waals surface area contributed by atoms with Crippen LogP contribution in [0, 0.1) is 0 Å². The molecule has 10 heteroatoms. The first-order valence-electron chi connectivity index (χ1n) is 5.72. The molecule has 1 heterocycles. The maximum Gasteiger partial charge on any atom is 0.238 e. The predicted molar refractivity (Wildman–Crippen MR) is 80.3 cm³/mol. The molecule has 1 aromatic carbocycles. The average molecular weight is 344 g/mol. The second-order valence-electron chi connectivity index (χ2n) is 3.96. The van der Waals surface area contributed by atoms with E-state index in [0.717, 1.165) is 9.90 Å². The molecule has 1 amide bonds. The van der Waals surface area contributed by atoms with Crippen molar-refractivity contribution in [2.75, 3.05) is 5.75 Å². The fraction of sp³-hybridized carbons (Fsp3) is 0.182. The van der Waals surface area contributed by atoms with Gasteiger partial charge < -0.3 is 5.32 Å². The van der Waals surface area contributed by atoms with E-state index in [1.807, 2.05) is 0 Å². The number of rotatable bonds is 6. The van der Waals surface area contributed by atoms with Crippen molar-refractivity contribution in [3.05, 3.63) is 35.3 Å². The Hall–Kier alpha value is -1.49. The topological polar surface area (TPSA) is 115 Å². The molecule has 2 aromatic rings. The molecule has 2 rings (SSSR count). The molecule has 0 aliphatic carbocycles. The van der Waals surface area contributed by atoms with Crippen molar-refractivity contribution in [2.45, 2.75) is 15.8 Å². The van der Waals surface area contributed by atoms with Gasteiger partial charge in [0.15, 0.2) is 4.34 Å². The van der Waals surface area contributed by atoms with Gasteiger partial charge in [-0.15, -0.1) is 10.2 Å². The third-order valence-corrected chi connectivity index (χ3v) is 5.20. The van der Waals surface area contributed by atoms with Gasteiger partial charge >= 0.3 is 0 Å². The minimum absolute atomic E-state index is 0.0457. The van der Waals surface area contributed by atoms with Crippen LogP contribution >= 0.6 is 23.1 Å². The number of nitrogens with zero attached hydrogens (tertiary/aromatic N) is 2. The van der Waals surface area contributed by atoms with E-state index < -0.39 is 10.0 Å². The molecule has 7 nitrogen and oxygen atoms in total. The normalized spacial score (nSPS) is 11.3. The number of nitrogens with two attached hydrogens (primary N) is 1. The van der Waals surface area contributed by atoms with Gasteiger partial charge in [-0.3, -0.25) is 4.79 Å². The van der Waals surface area contributed by atoms with Crippen molar-refractivity contribution in [3.8, 4) is 0 Å². The van der Waals surface area contributed by atoms with E-state index in [-0.39, 0.29) is 16.6 Å². The van der Waals surface area contributed by atoms with Crippen LogP contribution in [0.2, 0.25) is 0 Å². The number of aromatic nitrogens is 2. The molecule has 0 saturated carbocycles. The Labute approximate surface area is 130 Å². The molecular weight excluding hydrogens is 332 g/mol. The highest BCUT2D eigenvalue weighted by Gasteiger charge is 2.08. The summed E-state index contributed by atoms with van der Waals surface area (Å²) in [6, 6.07) is 6.04. The number of primary sulfonamides is 1. The summed E-state index contributed by atoms with van der Waals surface area (Å²) < 4.78 is 22.9. The highest BCUT2D eigenvalue weighted by molar-refractivity contribution is 8.01. The first-order chi connectivity index (χ1) is 9.95. The fourth-order valence-corrected chi connectivity index (χ4v) is 3.24. The first-order valence-corrected chi connectivity index (χ1v) is 9.14. The van der Waals surface area contributed by atoms with E-state index in [1.54, 1.807) is 17.6 Å². The molecule has 0 radical (unpaired) electrons. The highest BCUT2D eigenvalue weighted by Crippen LogP contribution is 2.18. The third kappa shape index (κ3) is 5.08. The number of amides is 1. The lowest BCUT2D eigenvalue weighted by atomic mass is 10.2. The molecule has 0 aliphatic heterocycles. The molecule has 0 aliphatic rings. The number of carbonyl (C=O) groups is 1. The maximum absolute atomic E-state index is 11.6. The van der Waals surface area contributed by atoms with E-state index in [2.05, 4.69) is 15.5 Å². The van der Waals surface area contributed by atoms with Gasteiger partial charge in [-0.1, -0.05) is 35.2 Å². The fourth-order valence-electron chi connectivity index (χ4n) is 1.40. The molecule has 0 unspecified atom stereocenters. The zero-order valence-electron chi connectivity index (χ0n) is 10.7. The molecule has 1 aromatic heterocycles. The van der Waals surface area contributed by atoms with E-state index in [1.165, 1.54) is 35.2 Å². The minimum Gasteiger partial charge on any atom is -0.351 e. The molecule has 112 valence electrons. The van der Waals surface area contributed by atoms with Crippen LogP contribution in [0.15, 0.2) is 39.0 Å². The van der Waals surface area contributed by atoms with E-state index in [0.29, 0.717) is 6.54 Å². The van der Waals surface area contributed by atoms with Crippen LogP contribution in [0.4, 0.5) is 0 Å². The van der Waals surface area contributed by atoms with E-state index >= 15 is 0 Å². The van der Waals surface area contributed by atoms with Gasteiger partial charge in [0, 0.05) is 6.54 Å². The second-order valence-corrected chi connectivity index (χ2v) is 7.58. The molecule has 3 N–H and O–H groups in total. The lowest BCUT2D eigenvalue weighted by Gasteiger charge is -2.05. The third-order valence-electron chi connectivity index (χ3n) is 2.41. The lowest BCUT2D eigenvalue weighted by Crippen LogP contribution is -2.24. The van der Waals surface area contributed by atoms with Gasteiger partial charge in [-0.25, -0.2) is 13.6 Å². The minimum atomic E-state index is -3.69. The Morgan fingerprint density at radius 3 is 2.62 bits per heavy atom. The number of hydrogen-bond donors (Lipinski definition) is 2. The smallest absolute Gasteiger partial charge is 0.238 e. The van der Waals surface area contributed by atoms with Crippen LogP contribution in [0.3, 0.4) is 0 Å². The van der Waals surface area contributed by atoms with Crippen LogP contribution < -0.4 is 10.5 Å². The van der Waals surface area contributed by atoms with Crippen LogP contribution in [0.5, 0.6) is 0 Å². The molecule has 0 atom stereocenters. The van der Waals surface area contributed by atoms with Crippen LogP contribution in [-0.4, -0.2) is 30.3 Å². The second kappa shape index (κ2) is 6.98. The zero-order valence-corrected chi connectivity index (χ0v) is 13.2. The molecule has 0 spiro atoms. The summed E-state index contributed by atoms with van der Waals surface area (Å²) >= 11 is 2.69. The first kappa shape index (κ1) is 15.9. The van der Waals surface area contributed by atoms with Crippen molar-refractivity contribution in [1.29, 1.82) is 0 Å². The van der Waals surface area contributed by atoms with Crippen molar-refractivity contribution in [3.63, 3.8) is 0 Å². The zero-order chi connectivity index (χ0) is 15.3. The van der Waals surface area contributed by atoms with Gasteiger partial charge in [0.2, 0.25) is 15.9 Å². The number of benzene rings is 1. The van der Waals surface area contributed by atoms with E-state index in [9.17, 15) is 13.2 Å². The van der Waals surface area contributed by atoms with Gasteiger partial charge in [0.05, 0.1) is 10.6 Å². The van der Waals surface area contributed by atoms with Gasteiger partial charge in [-0.05, 0) is 17.7 Å². The number of carbonyl (C=O) groups excluding carboxylic acids is 1. The van der Waals surface area contributed by atoms with E-state index in [4.69, 9.17) is 5.14 Å². The highest BCUT2D eigenvalue weighted by atomic mass is 32.2. The summed E-state index contributed by atoms with van der Waals surface area (Å²) in [5, 5.41) is 15.2. The van der Waals surface area contributed by atoms with Crippen molar-refractivity contribution >= 4 is 39.0 Å². The molecular formula is C11H12N4O3S3. The Kier molecular flexibility index (Phi) is 5.28. The number of sulfonamides is 1. The summed E-state index contributed by atoms with van der Waals surface area (Å²) in [5.74, 6) is 0.121. The molecule has 0 bridgehead atoms.